The van der Waals surface area contributed by atoms with Gasteiger partial charge in [0.05, 0.1) is 6.04 Å². The molecule has 2 aromatic rings. The van der Waals surface area contributed by atoms with E-state index in [9.17, 15) is 8.78 Å². The highest BCUT2D eigenvalue weighted by molar-refractivity contribution is 7.10. The predicted octanol–water partition coefficient (Wildman–Crippen LogP) is 3.08. The van der Waals surface area contributed by atoms with E-state index in [1.165, 1.54) is 18.2 Å². The molecule has 1 unspecified atom stereocenters. The summed E-state index contributed by atoms with van der Waals surface area (Å²) in [6.07, 6.45) is 0.186. The van der Waals surface area contributed by atoms with Gasteiger partial charge in [-0.05, 0) is 42.5 Å². The molecule has 1 heterocycles. The number of hydrogen-bond acceptors (Lipinski definition) is 3. The van der Waals surface area contributed by atoms with Crippen LogP contribution < -0.4 is 11.3 Å². The Balaban J connectivity index is 2.26. The number of hydrazine groups is 1. The summed E-state index contributed by atoms with van der Waals surface area (Å²) in [5, 5.41) is 1.94. The van der Waals surface area contributed by atoms with E-state index in [1.54, 1.807) is 11.3 Å². The molecule has 3 N–H and O–H groups in total. The van der Waals surface area contributed by atoms with Gasteiger partial charge >= 0.3 is 0 Å². The Bertz CT molecular complexity index is 519. The van der Waals surface area contributed by atoms with Crippen LogP contribution in [0.3, 0.4) is 0 Å². The minimum Gasteiger partial charge on any atom is -0.271 e. The SMILES string of the molecule is Cc1cc(C(Cc2c(F)cccc2F)NN)cs1. The van der Waals surface area contributed by atoms with Crippen LogP contribution in [-0.2, 0) is 6.42 Å². The molecule has 2 nitrogen and oxygen atoms in total. The third kappa shape index (κ3) is 2.75. The molecule has 96 valence electrons. The van der Waals surface area contributed by atoms with E-state index in [4.69, 9.17) is 5.84 Å². The van der Waals surface area contributed by atoms with E-state index in [2.05, 4.69) is 5.43 Å². The normalized spacial score (nSPS) is 12.7. The molecule has 1 aromatic heterocycles. The first kappa shape index (κ1) is 13.1. The molecule has 0 spiro atoms. The third-order valence-electron chi connectivity index (χ3n) is 2.82. The monoisotopic (exact) mass is 268 g/mol. The van der Waals surface area contributed by atoms with Crippen molar-refractivity contribution in [3.63, 3.8) is 0 Å². The molecule has 2 rings (SSSR count). The van der Waals surface area contributed by atoms with Gasteiger partial charge in [-0.3, -0.25) is 11.3 Å². The van der Waals surface area contributed by atoms with Gasteiger partial charge in [0.15, 0.2) is 0 Å². The Hall–Kier alpha value is -1.30. The molecule has 0 bridgehead atoms. The van der Waals surface area contributed by atoms with Crippen molar-refractivity contribution in [3.8, 4) is 0 Å². The first-order valence-corrected chi connectivity index (χ1v) is 6.44. The van der Waals surface area contributed by atoms with Crippen LogP contribution in [0.2, 0.25) is 0 Å². The average Bonchev–Trinajstić information content (AvgIpc) is 2.76. The molecule has 1 atom stereocenters. The fourth-order valence-corrected chi connectivity index (χ4v) is 2.61. The summed E-state index contributed by atoms with van der Waals surface area (Å²) in [6, 6.07) is 5.54. The summed E-state index contributed by atoms with van der Waals surface area (Å²) >= 11 is 1.58. The second-order valence-electron chi connectivity index (χ2n) is 4.11. The second-order valence-corrected chi connectivity index (χ2v) is 5.23. The maximum atomic E-state index is 13.6. The fraction of sp³-hybridized carbons (Fsp3) is 0.231. The van der Waals surface area contributed by atoms with Crippen LogP contribution in [0.4, 0.5) is 8.78 Å². The topological polar surface area (TPSA) is 38.0 Å². The van der Waals surface area contributed by atoms with Crippen LogP contribution in [0.25, 0.3) is 0 Å². The van der Waals surface area contributed by atoms with E-state index < -0.39 is 11.6 Å². The fourth-order valence-electron chi connectivity index (χ4n) is 1.85. The molecular weight excluding hydrogens is 254 g/mol. The number of hydrogen-bond donors (Lipinski definition) is 2. The van der Waals surface area contributed by atoms with Crippen molar-refractivity contribution in [3.05, 3.63) is 57.3 Å². The van der Waals surface area contributed by atoms with E-state index in [0.29, 0.717) is 0 Å². The van der Waals surface area contributed by atoms with Crippen LogP contribution in [0.15, 0.2) is 29.6 Å². The molecule has 0 radical (unpaired) electrons. The summed E-state index contributed by atoms with van der Waals surface area (Å²) in [5.74, 6) is 4.39. The van der Waals surface area contributed by atoms with Crippen LogP contribution in [0.1, 0.15) is 22.0 Å². The summed E-state index contributed by atoms with van der Waals surface area (Å²) in [4.78, 5) is 1.14. The highest BCUT2D eigenvalue weighted by atomic mass is 32.1. The molecule has 0 fully saturated rings. The Kier molecular flexibility index (Phi) is 4.06. The Morgan fingerprint density at radius 3 is 2.50 bits per heavy atom. The summed E-state index contributed by atoms with van der Waals surface area (Å²) in [5.41, 5.74) is 3.61. The Morgan fingerprint density at radius 1 is 1.33 bits per heavy atom. The highest BCUT2D eigenvalue weighted by Gasteiger charge is 2.17. The zero-order valence-corrected chi connectivity index (χ0v) is 10.7. The number of nitrogens with one attached hydrogen (secondary N) is 1. The van der Waals surface area contributed by atoms with Crippen LogP contribution in [-0.4, -0.2) is 0 Å². The molecule has 0 aliphatic rings. The number of nitrogens with two attached hydrogens (primary N) is 1. The summed E-state index contributed by atoms with van der Waals surface area (Å²) in [6.45, 7) is 1.98. The van der Waals surface area contributed by atoms with Crippen molar-refractivity contribution < 1.29 is 8.78 Å². The lowest BCUT2D eigenvalue weighted by atomic mass is 10.0. The van der Waals surface area contributed by atoms with Gasteiger partial charge in [-0.25, -0.2) is 8.78 Å². The van der Waals surface area contributed by atoms with E-state index in [-0.39, 0.29) is 18.0 Å². The largest absolute Gasteiger partial charge is 0.271 e. The van der Waals surface area contributed by atoms with Crippen LogP contribution in [0.5, 0.6) is 0 Å². The smallest absolute Gasteiger partial charge is 0.129 e. The molecule has 0 aliphatic heterocycles. The minimum atomic E-state index is -0.540. The maximum absolute atomic E-state index is 13.6. The molecule has 0 aliphatic carbocycles. The second kappa shape index (κ2) is 5.56. The Morgan fingerprint density at radius 2 is 2.00 bits per heavy atom. The van der Waals surface area contributed by atoms with Gasteiger partial charge in [0.25, 0.3) is 0 Å². The predicted molar refractivity (Wildman–Crippen MR) is 69.2 cm³/mol. The quantitative estimate of drug-likeness (QED) is 0.660. The molecular formula is C13H14F2N2S. The van der Waals surface area contributed by atoms with E-state index >= 15 is 0 Å². The van der Waals surface area contributed by atoms with Crippen molar-refractivity contribution in [1.82, 2.24) is 5.43 Å². The van der Waals surface area contributed by atoms with Gasteiger partial charge in [-0.15, -0.1) is 11.3 Å². The van der Waals surface area contributed by atoms with Crippen molar-refractivity contribution in [2.45, 2.75) is 19.4 Å². The van der Waals surface area contributed by atoms with Gasteiger partial charge < -0.3 is 0 Å². The van der Waals surface area contributed by atoms with Crippen LogP contribution in [0, 0.1) is 18.6 Å². The number of rotatable bonds is 4. The lowest BCUT2D eigenvalue weighted by Gasteiger charge is -2.15. The zero-order chi connectivity index (χ0) is 13.1. The summed E-state index contributed by atoms with van der Waals surface area (Å²) < 4.78 is 27.1. The first-order valence-electron chi connectivity index (χ1n) is 5.56. The minimum absolute atomic E-state index is 0.0595. The maximum Gasteiger partial charge on any atom is 0.129 e. The molecule has 0 saturated heterocycles. The standard InChI is InChI=1S/C13H14F2N2S/c1-8-5-9(7-18-8)13(17-16)6-10-11(14)3-2-4-12(10)15/h2-5,7,13,17H,6,16H2,1H3. The molecule has 0 saturated carbocycles. The number of aryl methyl sites for hydroxylation is 1. The molecule has 0 amide bonds. The van der Waals surface area contributed by atoms with Crippen molar-refractivity contribution >= 4 is 11.3 Å². The average molecular weight is 268 g/mol. The van der Waals surface area contributed by atoms with Gasteiger partial charge in [-0.1, -0.05) is 6.07 Å². The van der Waals surface area contributed by atoms with Crippen LogP contribution >= 0.6 is 11.3 Å². The molecule has 18 heavy (non-hydrogen) atoms. The van der Waals surface area contributed by atoms with Crippen molar-refractivity contribution in [2.75, 3.05) is 0 Å². The van der Waals surface area contributed by atoms with Gasteiger partial charge in [-0.2, -0.15) is 0 Å². The number of thiophene rings is 1. The third-order valence-corrected chi connectivity index (χ3v) is 3.70. The molecule has 1 aromatic carbocycles. The van der Waals surface area contributed by atoms with Gasteiger partial charge in [0, 0.05) is 10.4 Å². The molecule has 5 heteroatoms. The lowest BCUT2D eigenvalue weighted by molar-refractivity contribution is 0.500. The zero-order valence-electron chi connectivity index (χ0n) is 9.91. The lowest BCUT2D eigenvalue weighted by Crippen LogP contribution is -2.29. The Labute approximate surface area is 108 Å². The van der Waals surface area contributed by atoms with Crippen molar-refractivity contribution in [2.24, 2.45) is 5.84 Å². The number of halogens is 2. The highest BCUT2D eigenvalue weighted by Crippen LogP contribution is 2.25. The van der Waals surface area contributed by atoms with E-state index in [0.717, 1.165) is 10.4 Å². The summed E-state index contributed by atoms with van der Waals surface area (Å²) in [7, 11) is 0. The first-order chi connectivity index (χ1) is 8.61. The van der Waals surface area contributed by atoms with Gasteiger partial charge in [0.1, 0.15) is 11.6 Å². The van der Waals surface area contributed by atoms with E-state index in [1.807, 2.05) is 18.4 Å². The van der Waals surface area contributed by atoms with Gasteiger partial charge in [0.2, 0.25) is 0 Å². The van der Waals surface area contributed by atoms with Crippen molar-refractivity contribution in [1.29, 1.82) is 0 Å². The number of benzene rings is 1.